The number of rotatable bonds is 4. The molecule has 0 aliphatic rings. The summed E-state index contributed by atoms with van der Waals surface area (Å²) in [6.45, 7) is 6.21. The van der Waals surface area contributed by atoms with Gasteiger partial charge in [-0.25, -0.2) is 0 Å². The van der Waals surface area contributed by atoms with Crippen LogP contribution in [0.25, 0.3) is 0 Å². The van der Waals surface area contributed by atoms with Crippen molar-refractivity contribution < 1.29 is 0 Å². The topological polar surface area (TPSA) is 38.0 Å². The molecule has 2 nitrogen and oxygen atoms in total. The van der Waals surface area contributed by atoms with Gasteiger partial charge < -0.3 is 5.73 Å². The first-order valence-corrected chi connectivity index (χ1v) is 4.33. The van der Waals surface area contributed by atoms with E-state index < -0.39 is 0 Å². The Morgan fingerprint density at radius 2 is 2.11 bits per heavy atom. The first-order chi connectivity index (χ1) is 4.22. The molecule has 3 N–H and O–H groups in total. The standard InChI is InChI=1S/C6H15IN2/c1-5(2)6(3-8)4-9-7/h5-6,9H,3-4,8H2,1-2H3. The van der Waals surface area contributed by atoms with E-state index in [0.29, 0.717) is 11.8 Å². The largest absolute Gasteiger partial charge is 0.330 e. The van der Waals surface area contributed by atoms with E-state index in [0.717, 1.165) is 13.1 Å². The molecule has 0 aliphatic heterocycles. The lowest BCUT2D eigenvalue weighted by atomic mass is 9.97. The molecule has 0 aromatic carbocycles. The fourth-order valence-electron chi connectivity index (χ4n) is 0.690. The molecule has 0 fully saturated rings. The summed E-state index contributed by atoms with van der Waals surface area (Å²) in [5.41, 5.74) is 5.52. The molecule has 0 aliphatic carbocycles. The second-order valence-electron chi connectivity index (χ2n) is 2.58. The predicted molar refractivity (Wildman–Crippen MR) is 49.4 cm³/mol. The first kappa shape index (κ1) is 9.65. The Balaban J connectivity index is 3.41. The van der Waals surface area contributed by atoms with Gasteiger partial charge in [0.05, 0.1) is 0 Å². The smallest absolute Gasteiger partial charge is 0.0169 e. The van der Waals surface area contributed by atoms with Crippen LogP contribution in [0.5, 0.6) is 0 Å². The molecule has 0 spiro atoms. The van der Waals surface area contributed by atoms with Gasteiger partial charge in [0.15, 0.2) is 0 Å². The van der Waals surface area contributed by atoms with Gasteiger partial charge in [-0.3, -0.25) is 3.53 Å². The maximum atomic E-state index is 5.52. The fourth-order valence-corrected chi connectivity index (χ4v) is 1.26. The van der Waals surface area contributed by atoms with E-state index >= 15 is 0 Å². The highest BCUT2D eigenvalue weighted by atomic mass is 127. The second-order valence-corrected chi connectivity index (χ2v) is 3.34. The summed E-state index contributed by atoms with van der Waals surface area (Å²) in [4.78, 5) is 0. The zero-order valence-corrected chi connectivity index (χ0v) is 8.18. The van der Waals surface area contributed by atoms with Gasteiger partial charge in [-0.15, -0.1) is 0 Å². The summed E-state index contributed by atoms with van der Waals surface area (Å²) < 4.78 is 3.09. The second kappa shape index (κ2) is 5.44. The van der Waals surface area contributed by atoms with Crippen LogP contribution in [-0.4, -0.2) is 13.1 Å². The van der Waals surface area contributed by atoms with E-state index in [9.17, 15) is 0 Å². The van der Waals surface area contributed by atoms with Crippen molar-refractivity contribution in [1.82, 2.24) is 3.53 Å². The average Bonchev–Trinajstić information content (AvgIpc) is 1.82. The molecule has 0 rings (SSSR count). The number of hydrogen-bond donors (Lipinski definition) is 2. The molecule has 0 aromatic heterocycles. The third-order valence-corrected chi connectivity index (χ3v) is 2.03. The molecule has 0 radical (unpaired) electrons. The van der Waals surface area contributed by atoms with Crippen molar-refractivity contribution in [2.45, 2.75) is 13.8 Å². The molecule has 56 valence electrons. The Bertz CT molecular complexity index is 66.1. The van der Waals surface area contributed by atoms with Gasteiger partial charge in [-0.1, -0.05) is 13.8 Å². The third kappa shape index (κ3) is 4.11. The van der Waals surface area contributed by atoms with Crippen LogP contribution in [0.1, 0.15) is 13.8 Å². The van der Waals surface area contributed by atoms with Crippen molar-refractivity contribution >= 4 is 22.9 Å². The molecule has 0 saturated heterocycles. The molecular formula is C6H15IN2. The summed E-state index contributed by atoms with van der Waals surface area (Å²) in [5, 5.41) is 0. The van der Waals surface area contributed by atoms with Crippen molar-refractivity contribution in [3.8, 4) is 0 Å². The Hall–Kier alpha value is 0.650. The molecule has 0 aromatic rings. The predicted octanol–water partition coefficient (Wildman–Crippen LogP) is 1.16. The van der Waals surface area contributed by atoms with E-state index in [-0.39, 0.29) is 0 Å². The molecule has 0 amide bonds. The first-order valence-electron chi connectivity index (χ1n) is 3.26. The lowest BCUT2D eigenvalue weighted by Crippen LogP contribution is -2.27. The average molecular weight is 242 g/mol. The molecule has 9 heavy (non-hydrogen) atoms. The van der Waals surface area contributed by atoms with Crippen LogP contribution in [0.2, 0.25) is 0 Å². The minimum atomic E-state index is 0.627. The van der Waals surface area contributed by atoms with Crippen molar-refractivity contribution in [3.63, 3.8) is 0 Å². The van der Waals surface area contributed by atoms with Crippen LogP contribution in [0, 0.1) is 11.8 Å². The summed E-state index contributed by atoms with van der Waals surface area (Å²) in [5.74, 6) is 1.32. The van der Waals surface area contributed by atoms with E-state index in [2.05, 4.69) is 40.2 Å². The minimum absolute atomic E-state index is 0.627. The lowest BCUT2D eigenvalue weighted by molar-refractivity contribution is 0.398. The van der Waals surface area contributed by atoms with E-state index in [1.54, 1.807) is 0 Å². The molecule has 0 saturated carbocycles. The number of nitrogens with two attached hydrogens (primary N) is 1. The summed E-state index contributed by atoms with van der Waals surface area (Å²) in [7, 11) is 0. The van der Waals surface area contributed by atoms with Gasteiger partial charge >= 0.3 is 0 Å². The van der Waals surface area contributed by atoms with Gasteiger partial charge in [0.1, 0.15) is 0 Å². The highest BCUT2D eigenvalue weighted by molar-refractivity contribution is 14.1. The number of nitrogens with one attached hydrogen (secondary N) is 1. The number of halogens is 1. The van der Waals surface area contributed by atoms with Crippen LogP contribution in [0.4, 0.5) is 0 Å². The van der Waals surface area contributed by atoms with Crippen molar-refractivity contribution in [3.05, 3.63) is 0 Å². The summed E-state index contributed by atoms with van der Waals surface area (Å²) >= 11 is 2.15. The van der Waals surface area contributed by atoms with Crippen molar-refractivity contribution in [2.75, 3.05) is 13.1 Å². The Kier molecular flexibility index (Phi) is 5.83. The van der Waals surface area contributed by atoms with Crippen LogP contribution in [0.3, 0.4) is 0 Å². The Morgan fingerprint density at radius 1 is 1.56 bits per heavy atom. The Labute approximate surface area is 71.1 Å². The van der Waals surface area contributed by atoms with Gasteiger partial charge in [0.25, 0.3) is 0 Å². The van der Waals surface area contributed by atoms with Gasteiger partial charge in [-0.05, 0) is 18.4 Å². The zero-order valence-electron chi connectivity index (χ0n) is 6.02. The molecule has 1 unspecified atom stereocenters. The quantitative estimate of drug-likeness (QED) is 0.573. The van der Waals surface area contributed by atoms with Crippen LogP contribution >= 0.6 is 22.9 Å². The third-order valence-electron chi connectivity index (χ3n) is 1.58. The van der Waals surface area contributed by atoms with E-state index in [1.165, 1.54) is 0 Å². The van der Waals surface area contributed by atoms with E-state index in [4.69, 9.17) is 5.73 Å². The highest BCUT2D eigenvalue weighted by Gasteiger charge is 2.08. The highest BCUT2D eigenvalue weighted by Crippen LogP contribution is 2.07. The molecular weight excluding hydrogens is 227 g/mol. The summed E-state index contributed by atoms with van der Waals surface area (Å²) in [6.07, 6.45) is 0. The van der Waals surface area contributed by atoms with Crippen LogP contribution < -0.4 is 9.26 Å². The molecule has 3 heteroatoms. The maximum Gasteiger partial charge on any atom is 0.0169 e. The monoisotopic (exact) mass is 242 g/mol. The molecule has 0 heterocycles. The van der Waals surface area contributed by atoms with Gasteiger partial charge in [0.2, 0.25) is 0 Å². The van der Waals surface area contributed by atoms with Crippen molar-refractivity contribution in [2.24, 2.45) is 17.6 Å². The van der Waals surface area contributed by atoms with Gasteiger partial charge in [-0.2, -0.15) is 0 Å². The van der Waals surface area contributed by atoms with Crippen LogP contribution in [0.15, 0.2) is 0 Å². The maximum absolute atomic E-state index is 5.52. The lowest BCUT2D eigenvalue weighted by Gasteiger charge is -2.16. The van der Waals surface area contributed by atoms with Gasteiger partial charge in [0, 0.05) is 29.4 Å². The van der Waals surface area contributed by atoms with Crippen LogP contribution in [-0.2, 0) is 0 Å². The number of hydrogen-bond acceptors (Lipinski definition) is 2. The minimum Gasteiger partial charge on any atom is -0.330 e. The molecule has 0 bridgehead atoms. The zero-order chi connectivity index (χ0) is 7.28. The van der Waals surface area contributed by atoms with E-state index in [1.807, 2.05) is 0 Å². The molecule has 1 atom stereocenters. The SMILES string of the molecule is CC(C)C(CN)CNI. The van der Waals surface area contributed by atoms with Crippen molar-refractivity contribution in [1.29, 1.82) is 0 Å². The summed E-state index contributed by atoms with van der Waals surface area (Å²) in [6, 6.07) is 0. The Morgan fingerprint density at radius 3 is 2.22 bits per heavy atom. The fraction of sp³-hybridized carbons (Fsp3) is 1.00. The normalized spacial score (nSPS) is 14.3.